The molecule has 0 bridgehead atoms. The lowest BCUT2D eigenvalue weighted by atomic mass is 9.47. The topological polar surface area (TPSA) is 78.4 Å². The van der Waals surface area contributed by atoms with E-state index in [0.29, 0.717) is 40.4 Å². The van der Waals surface area contributed by atoms with Gasteiger partial charge in [-0.2, -0.15) is 0 Å². The van der Waals surface area contributed by atoms with Crippen LogP contribution in [-0.4, -0.2) is 44.5 Å². The van der Waals surface area contributed by atoms with Gasteiger partial charge in [-0.15, -0.1) is 0 Å². The van der Waals surface area contributed by atoms with E-state index in [-0.39, 0.29) is 23.6 Å². The van der Waals surface area contributed by atoms with E-state index in [1.165, 1.54) is 44.8 Å². The van der Waals surface area contributed by atoms with Crippen LogP contribution in [0.5, 0.6) is 0 Å². The van der Waals surface area contributed by atoms with Gasteiger partial charge in [-0.1, -0.05) is 52.7 Å². The van der Waals surface area contributed by atoms with Gasteiger partial charge in [0, 0.05) is 12.1 Å². The smallest absolute Gasteiger partial charge is 0.208 e. The van der Waals surface area contributed by atoms with Gasteiger partial charge < -0.3 is 10.4 Å². The summed E-state index contributed by atoms with van der Waals surface area (Å²) in [5, 5.41) is 14.8. The van der Waals surface area contributed by atoms with E-state index in [9.17, 15) is 13.5 Å². The molecular formula is C32H56N2O3S. The first-order valence-corrected chi connectivity index (χ1v) is 17.7. The van der Waals surface area contributed by atoms with Crippen molar-refractivity contribution in [1.29, 1.82) is 0 Å². The summed E-state index contributed by atoms with van der Waals surface area (Å²) in [5.74, 6) is 3.01. The molecule has 0 amide bonds. The van der Waals surface area contributed by atoms with Crippen LogP contribution < -0.4 is 10.0 Å². The molecule has 6 heteroatoms. The summed E-state index contributed by atoms with van der Waals surface area (Å²) >= 11 is 0. The van der Waals surface area contributed by atoms with Crippen molar-refractivity contribution in [2.75, 3.05) is 12.8 Å². The molecule has 1 saturated heterocycles. The summed E-state index contributed by atoms with van der Waals surface area (Å²) in [5.41, 5.74) is 4.41. The van der Waals surface area contributed by atoms with Crippen LogP contribution in [0.25, 0.3) is 0 Å². The van der Waals surface area contributed by atoms with Crippen molar-refractivity contribution in [2.24, 2.45) is 45.8 Å². The highest BCUT2D eigenvalue weighted by Crippen LogP contribution is 2.70. The zero-order valence-corrected chi connectivity index (χ0v) is 26.1. The fourth-order valence-electron chi connectivity index (χ4n) is 10.7. The van der Waals surface area contributed by atoms with E-state index < -0.39 is 10.0 Å². The zero-order chi connectivity index (χ0) is 27.7. The van der Waals surface area contributed by atoms with Crippen LogP contribution in [-0.2, 0) is 10.0 Å². The molecule has 218 valence electrons. The van der Waals surface area contributed by atoms with Gasteiger partial charge in [0.05, 0.1) is 12.4 Å². The Balaban J connectivity index is 1.39. The molecule has 11 atom stereocenters. The molecule has 0 radical (unpaired) electrons. The van der Waals surface area contributed by atoms with Crippen LogP contribution in [0.4, 0.5) is 0 Å². The van der Waals surface area contributed by atoms with Gasteiger partial charge in [-0.25, -0.2) is 13.1 Å². The molecule has 4 fully saturated rings. The van der Waals surface area contributed by atoms with Gasteiger partial charge in [-0.05, 0) is 123 Å². The molecule has 5 aliphatic rings. The molecule has 0 aromatic carbocycles. The molecule has 5 nitrogen and oxygen atoms in total. The van der Waals surface area contributed by atoms with Crippen LogP contribution in [0.2, 0.25) is 0 Å². The minimum absolute atomic E-state index is 0.110. The lowest BCUT2D eigenvalue weighted by Gasteiger charge is -2.58. The highest BCUT2D eigenvalue weighted by atomic mass is 32.2. The van der Waals surface area contributed by atoms with E-state index >= 15 is 0 Å². The molecule has 5 rings (SSSR count). The molecule has 0 unspecified atom stereocenters. The molecular weight excluding hydrogens is 492 g/mol. The minimum atomic E-state index is -3.15. The predicted octanol–water partition coefficient (Wildman–Crippen LogP) is 6.04. The fourth-order valence-corrected chi connectivity index (χ4v) is 11.5. The molecule has 0 spiro atoms. The number of aliphatic hydroxyl groups excluding tert-OH is 1. The number of fused-ring (bicyclic) bond motifs is 5. The third-order valence-electron chi connectivity index (χ3n) is 13.1. The van der Waals surface area contributed by atoms with Crippen LogP contribution in [0.3, 0.4) is 0 Å². The Morgan fingerprint density at radius 3 is 2.45 bits per heavy atom. The number of hydrogen-bond donors (Lipinski definition) is 3. The first-order valence-electron chi connectivity index (χ1n) is 15.8. The van der Waals surface area contributed by atoms with Crippen LogP contribution in [0.1, 0.15) is 112 Å². The van der Waals surface area contributed by atoms with Crippen molar-refractivity contribution in [3.63, 3.8) is 0 Å². The standard InChI is InChI=1S/C32H56N2O3S/c1-8-22-18-30(4,21(3)29-27(35)15-20(2)19-33-29)12-11-26-25(22)17-28-31(5)14-10-24(34-38(7,36)37)16-23(31)9-13-32(26,28)6/h20-21,23-24,26-29,33-35H,8-19H2,1-7H3/t20-,21+,23+,24+,26+,27+,28+,29-,30+,31-,32-/m0/s1. The minimum Gasteiger partial charge on any atom is -0.391 e. The number of rotatable bonds is 5. The summed E-state index contributed by atoms with van der Waals surface area (Å²) in [4.78, 5) is 0. The van der Waals surface area contributed by atoms with Crippen molar-refractivity contribution in [2.45, 2.75) is 130 Å². The van der Waals surface area contributed by atoms with Gasteiger partial charge in [-0.3, -0.25) is 0 Å². The number of hydrogen-bond acceptors (Lipinski definition) is 4. The molecule has 3 N–H and O–H groups in total. The number of nitrogens with one attached hydrogen (secondary N) is 2. The summed E-state index contributed by atoms with van der Waals surface area (Å²) < 4.78 is 26.8. The quantitative estimate of drug-likeness (QED) is 0.366. The molecule has 1 heterocycles. The zero-order valence-electron chi connectivity index (χ0n) is 25.3. The van der Waals surface area contributed by atoms with E-state index in [1.54, 1.807) is 11.1 Å². The Morgan fingerprint density at radius 2 is 1.79 bits per heavy atom. The maximum absolute atomic E-state index is 11.9. The largest absolute Gasteiger partial charge is 0.391 e. The average molecular weight is 549 g/mol. The van der Waals surface area contributed by atoms with Crippen LogP contribution >= 0.6 is 0 Å². The van der Waals surface area contributed by atoms with Gasteiger partial charge in [0.2, 0.25) is 10.0 Å². The Morgan fingerprint density at radius 1 is 1.08 bits per heavy atom. The maximum Gasteiger partial charge on any atom is 0.208 e. The number of allylic oxidation sites excluding steroid dienone is 2. The van der Waals surface area contributed by atoms with E-state index in [0.717, 1.165) is 38.6 Å². The lowest BCUT2D eigenvalue weighted by Crippen LogP contribution is -2.55. The fraction of sp³-hybridized carbons (Fsp3) is 0.938. The highest BCUT2D eigenvalue weighted by molar-refractivity contribution is 7.88. The Labute approximate surface area is 233 Å². The number of piperidine rings is 1. The van der Waals surface area contributed by atoms with E-state index in [1.807, 2.05) is 0 Å². The van der Waals surface area contributed by atoms with Crippen molar-refractivity contribution in [3.8, 4) is 0 Å². The van der Waals surface area contributed by atoms with Gasteiger partial charge >= 0.3 is 0 Å². The SMILES string of the molecule is CCC1=C2C[C@@H]3[C@@]4(C)CC[C@@H](NS(C)(=O)=O)C[C@H]4CC[C@@]3(C)[C@@H]2CC[C@@](C)([C@H](C)[C@@H]2NC[C@@H](C)C[C@H]2O)C1. The normalized spacial score (nSPS) is 48.6. The Kier molecular flexibility index (Phi) is 7.75. The van der Waals surface area contributed by atoms with Crippen molar-refractivity contribution >= 4 is 10.0 Å². The van der Waals surface area contributed by atoms with Gasteiger partial charge in [0.25, 0.3) is 0 Å². The lowest BCUT2D eigenvalue weighted by molar-refractivity contribution is -0.0843. The maximum atomic E-state index is 11.9. The summed E-state index contributed by atoms with van der Waals surface area (Å²) in [6.07, 6.45) is 13.7. The first kappa shape index (κ1) is 29.1. The van der Waals surface area contributed by atoms with Crippen molar-refractivity contribution < 1.29 is 13.5 Å². The summed E-state index contributed by atoms with van der Waals surface area (Å²) in [7, 11) is -3.15. The summed E-state index contributed by atoms with van der Waals surface area (Å²) in [6, 6.07) is 0.310. The molecule has 0 aromatic rings. The Bertz CT molecular complexity index is 1040. The van der Waals surface area contributed by atoms with Crippen LogP contribution in [0.15, 0.2) is 11.1 Å². The first-order chi connectivity index (χ1) is 17.7. The van der Waals surface area contributed by atoms with Crippen molar-refractivity contribution in [1.82, 2.24) is 10.0 Å². The summed E-state index contributed by atoms with van der Waals surface area (Å²) in [6.45, 7) is 15.8. The third-order valence-corrected chi connectivity index (χ3v) is 13.8. The third kappa shape index (κ3) is 4.96. The predicted molar refractivity (Wildman–Crippen MR) is 156 cm³/mol. The van der Waals surface area contributed by atoms with Gasteiger partial charge in [0.15, 0.2) is 0 Å². The van der Waals surface area contributed by atoms with Crippen molar-refractivity contribution in [3.05, 3.63) is 11.1 Å². The van der Waals surface area contributed by atoms with Gasteiger partial charge in [0.1, 0.15) is 0 Å². The monoisotopic (exact) mass is 548 g/mol. The number of aliphatic hydroxyl groups is 1. The second kappa shape index (κ2) is 10.1. The van der Waals surface area contributed by atoms with E-state index in [4.69, 9.17) is 0 Å². The molecule has 4 aliphatic carbocycles. The van der Waals surface area contributed by atoms with E-state index in [2.05, 4.69) is 51.6 Å². The molecule has 38 heavy (non-hydrogen) atoms. The molecule has 0 aromatic heterocycles. The highest BCUT2D eigenvalue weighted by Gasteiger charge is 2.62. The average Bonchev–Trinajstić information content (AvgIpc) is 3.04. The second-order valence-electron chi connectivity index (χ2n) is 15.4. The van der Waals surface area contributed by atoms with Crippen LogP contribution in [0, 0.1) is 45.8 Å². The Hall–Kier alpha value is -0.430. The molecule has 1 aliphatic heterocycles. The second-order valence-corrected chi connectivity index (χ2v) is 17.2. The molecule has 3 saturated carbocycles. The number of sulfonamides is 1.